The van der Waals surface area contributed by atoms with Crippen LogP contribution in [0.2, 0.25) is 0 Å². The van der Waals surface area contributed by atoms with Gasteiger partial charge in [-0.3, -0.25) is 9.59 Å². The van der Waals surface area contributed by atoms with Gasteiger partial charge in [0.15, 0.2) is 0 Å². The molecule has 1 aliphatic heterocycles. The highest BCUT2D eigenvalue weighted by atomic mass is 16.2. The van der Waals surface area contributed by atoms with Crippen molar-refractivity contribution in [2.45, 2.75) is 123 Å². The standard InChI is InChI=1S/C32H55N3O2/c1-3-5-7-8-9-10-11-12-13-15-23-34-32(37)30-19-17-28(18-20-30)26-33-27-29-21-24-35(25-22-29)31(36)16-14-6-4-2/h17-20,29,33H,3-16,21-27H2,1-2H3,(H,34,37). The van der Waals surface area contributed by atoms with Gasteiger partial charge in [-0.1, -0.05) is 96.6 Å². The molecular formula is C32H55N3O2. The lowest BCUT2D eigenvalue weighted by atomic mass is 9.96. The summed E-state index contributed by atoms with van der Waals surface area (Å²) < 4.78 is 0. The maximum Gasteiger partial charge on any atom is 0.251 e. The van der Waals surface area contributed by atoms with Gasteiger partial charge in [-0.25, -0.2) is 0 Å². The molecule has 0 aliphatic carbocycles. The summed E-state index contributed by atoms with van der Waals surface area (Å²) in [6, 6.07) is 7.99. The number of carbonyl (C=O) groups excluding carboxylic acids is 2. The molecule has 210 valence electrons. The van der Waals surface area contributed by atoms with Crippen molar-refractivity contribution in [3.63, 3.8) is 0 Å². The minimum atomic E-state index is 0.0337. The van der Waals surface area contributed by atoms with Gasteiger partial charge in [0.1, 0.15) is 0 Å². The molecule has 37 heavy (non-hydrogen) atoms. The lowest BCUT2D eigenvalue weighted by molar-refractivity contribution is -0.132. The molecule has 2 N–H and O–H groups in total. The van der Waals surface area contributed by atoms with E-state index in [1.165, 1.54) is 63.4 Å². The third-order valence-corrected chi connectivity index (χ3v) is 7.76. The highest BCUT2D eigenvalue weighted by Gasteiger charge is 2.22. The second kappa shape index (κ2) is 20.1. The first kappa shape index (κ1) is 31.3. The summed E-state index contributed by atoms with van der Waals surface area (Å²) in [5.74, 6) is 1.01. The molecular weight excluding hydrogens is 458 g/mol. The first-order valence-corrected chi connectivity index (χ1v) is 15.5. The molecule has 0 spiro atoms. The lowest BCUT2D eigenvalue weighted by Crippen LogP contribution is -2.40. The second-order valence-electron chi connectivity index (χ2n) is 11.0. The molecule has 1 saturated heterocycles. The number of unbranched alkanes of at least 4 members (excludes halogenated alkanes) is 11. The Bertz CT molecular complexity index is 726. The molecule has 1 heterocycles. The quantitative estimate of drug-likeness (QED) is 0.181. The van der Waals surface area contributed by atoms with Crippen molar-refractivity contribution in [2.75, 3.05) is 26.2 Å². The average molecular weight is 514 g/mol. The number of piperidine rings is 1. The summed E-state index contributed by atoms with van der Waals surface area (Å²) in [5.41, 5.74) is 1.95. The van der Waals surface area contributed by atoms with Crippen molar-refractivity contribution in [3.8, 4) is 0 Å². The Kier molecular flexibility index (Phi) is 17.0. The molecule has 0 radical (unpaired) electrons. The van der Waals surface area contributed by atoms with E-state index in [9.17, 15) is 9.59 Å². The Balaban J connectivity index is 1.50. The van der Waals surface area contributed by atoms with Crippen LogP contribution in [0.1, 0.15) is 133 Å². The van der Waals surface area contributed by atoms with Gasteiger partial charge in [-0.05, 0) is 55.8 Å². The molecule has 0 saturated carbocycles. The van der Waals surface area contributed by atoms with Crippen molar-refractivity contribution in [1.29, 1.82) is 0 Å². The third-order valence-electron chi connectivity index (χ3n) is 7.76. The minimum Gasteiger partial charge on any atom is -0.352 e. The molecule has 1 aliphatic rings. The smallest absolute Gasteiger partial charge is 0.251 e. The van der Waals surface area contributed by atoms with Crippen molar-refractivity contribution in [1.82, 2.24) is 15.5 Å². The zero-order valence-electron chi connectivity index (χ0n) is 24.0. The van der Waals surface area contributed by atoms with E-state index in [4.69, 9.17) is 0 Å². The van der Waals surface area contributed by atoms with E-state index in [0.717, 1.165) is 76.8 Å². The number of amides is 2. The van der Waals surface area contributed by atoms with Crippen LogP contribution in [0.5, 0.6) is 0 Å². The van der Waals surface area contributed by atoms with Crippen molar-refractivity contribution in [3.05, 3.63) is 35.4 Å². The fourth-order valence-corrected chi connectivity index (χ4v) is 5.18. The topological polar surface area (TPSA) is 61.4 Å². The van der Waals surface area contributed by atoms with Gasteiger partial charge in [0, 0.05) is 38.2 Å². The predicted octanol–water partition coefficient (Wildman–Crippen LogP) is 7.25. The van der Waals surface area contributed by atoms with Crippen LogP contribution in [0.3, 0.4) is 0 Å². The zero-order valence-corrected chi connectivity index (χ0v) is 24.0. The van der Waals surface area contributed by atoms with E-state index in [0.29, 0.717) is 18.2 Å². The Hall–Kier alpha value is -1.88. The van der Waals surface area contributed by atoms with Gasteiger partial charge in [-0.2, -0.15) is 0 Å². The molecule has 1 fully saturated rings. The van der Waals surface area contributed by atoms with Gasteiger partial charge < -0.3 is 15.5 Å². The first-order valence-electron chi connectivity index (χ1n) is 15.5. The summed E-state index contributed by atoms with van der Waals surface area (Å²) in [5, 5.41) is 6.65. The fourth-order valence-electron chi connectivity index (χ4n) is 5.18. The molecule has 0 bridgehead atoms. The molecule has 1 aromatic rings. The van der Waals surface area contributed by atoms with Crippen LogP contribution in [0.25, 0.3) is 0 Å². The highest BCUT2D eigenvalue weighted by molar-refractivity contribution is 5.94. The van der Waals surface area contributed by atoms with E-state index in [1.807, 2.05) is 12.1 Å². The SMILES string of the molecule is CCCCCCCCCCCCNC(=O)c1ccc(CNCC2CCN(C(=O)CCCCC)CC2)cc1. The van der Waals surface area contributed by atoms with Crippen LogP contribution >= 0.6 is 0 Å². The van der Waals surface area contributed by atoms with Gasteiger partial charge in [0.25, 0.3) is 5.91 Å². The Labute approximate surface area is 227 Å². The number of nitrogens with zero attached hydrogens (tertiary/aromatic N) is 1. The Morgan fingerprint density at radius 2 is 1.35 bits per heavy atom. The van der Waals surface area contributed by atoms with E-state index in [1.54, 1.807) is 0 Å². The number of hydrogen-bond acceptors (Lipinski definition) is 3. The van der Waals surface area contributed by atoms with Gasteiger partial charge in [0.2, 0.25) is 5.91 Å². The second-order valence-corrected chi connectivity index (χ2v) is 11.0. The molecule has 1 aromatic carbocycles. The fraction of sp³-hybridized carbons (Fsp3) is 0.750. The number of nitrogens with one attached hydrogen (secondary N) is 2. The number of likely N-dealkylation sites (tertiary alicyclic amines) is 1. The van der Waals surface area contributed by atoms with Crippen LogP contribution in [0.15, 0.2) is 24.3 Å². The van der Waals surface area contributed by atoms with Gasteiger partial charge in [0.05, 0.1) is 0 Å². The number of carbonyl (C=O) groups is 2. The normalized spacial score (nSPS) is 14.2. The Morgan fingerprint density at radius 3 is 1.97 bits per heavy atom. The molecule has 5 nitrogen and oxygen atoms in total. The van der Waals surface area contributed by atoms with E-state index < -0.39 is 0 Å². The predicted molar refractivity (Wildman–Crippen MR) is 156 cm³/mol. The van der Waals surface area contributed by atoms with E-state index in [2.05, 4.69) is 41.5 Å². The van der Waals surface area contributed by atoms with E-state index >= 15 is 0 Å². The summed E-state index contributed by atoms with van der Waals surface area (Å²) in [6.07, 6.45) is 19.3. The molecule has 0 atom stereocenters. The summed E-state index contributed by atoms with van der Waals surface area (Å²) >= 11 is 0. The first-order chi connectivity index (χ1) is 18.1. The molecule has 0 aromatic heterocycles. The molecule has 0 unspecified atom stereocenters. The van der Waals surface area contributed by atoms with Crippen molar-refractivity contribution < 1.29 is 9.59 Å². The number of benzene rings is 1. The molecule has 2 amide bonds. The molecule has 5 heteroatoms. The maximum atomic E-state index is 12.4. The molecule has 2 rings (SSSR count). The number of rotatable bonds is 20. The van der Waals surface area contributed by atoms with Crippen molar-refractivity contribution >= 4 is 11.8 Å². The maximum absolute atomic E-state index is 12.4. The minimum absolute atomic E-state index is 0.0337. The average Bonchev–Trinajstić information content (AvgIpc) is 2.92. The lowest BCUT2D eigenvalue weighted by Gasteiger charge is -2.32. The number of hydrogen-bond donors (Lipinski definition) is 2. The van der Waals surface area contributed by atoms with Crippen LogP contribution in [0.4, 0.5) is 0 Å². The Morgan fingerprint density at radius 1 is 0.784 bits per heavy atom. The highest BCUT2D eigenvalue weighted by Crippen LogP contribution is 2.18. The summed E-state index contributed by atoms with van der Waals surface area (Å²) in [6.45, 7) is 8.81. The summed E-state index contributed by atoms with van der Waals surface area (Å²) in [7, 11) is 0. The van der Waals surface area contributed by atoms with Crippen LogP contribution in [-0.4, -0.2) is 42.9 Å². The zero-order chi connectivity index (χ0) is 26.6. The van der Waals surface area contributed by atoms with Gasteiger partial charge in [-0.15, -0.1) is 0 Å². The largest absolute Gasteiger partial charge is 0.352 e. The van der Waals surface area contributed by atoms with Crippen molar-refractivity contribution in [2.24, 2.45) is 5.92 Å². The monoisotopic (exact) mass is 513 g/mol. The van der Waals surface area contributed by atoms with Crippen LogP contribution < -0.4 is 10.6 Å². The van der Waals surface area contributed by atoms with Crippen LogP contribution in [0, 0.1) is 5.92 Å². The van der Waals surface area contributed by atoms with E-state index in [-0.39, 0.29) is 5.91 Å². The van der Waals surface area contributed by atoms with Gasteiger partial charge >= 0.3 is 0 Å². The van der Waals surface area contributed by atoms with Crippen LogP contribution in [-0.2, 0) is 11.3 Å². The third kappa shape index (κ3) is 14.0. The summed E-state index contributed by atoms with van der Waals surface area (Å²) in [4.78, 5) is 26.8.